The normalized spacial score (nSPS) is 10.7. The predicted molar refractivity (Wildman–Crippen MR) is 89.6 cm³/mol. The van der Waals surface area contributed by atoms with Gasteiger partial charge in [0.05, 0.1) is 18.1 Å². The van der Waals surface area contributed by atoms with Gasteiger partial charge in [-0.25, -0.2) is 0 Å². The second-order valence-electron chi connectivity index (χ2n) is 4.87. The van der Waals surface area contributed by atoms with Gasteiger partial charge in [0.25, 0.3) is 5.91 Å². The van der Waals surface area contributed by atoms with E-state index in [-0.39, 0.29) is 32.2 Å². The van der Waals surface area contributed by atoms with E-state index in [4.69, 9.17) is 21.8 Å². The summed E-state index contributed by atoms with van der Waals surface area (Å²) in [5.41, 5.74) is 1.98. The van der Waals surface area contributed by atoms with Crippen LogP contribution in [-0.2, 0) is 0 Å². The zero-order chi connectivity index (χ0) is 16.1. The molecule has 0 unspecified atom stereocenters. The van der Waals surface area contributed by atoms with E-state index in [1.807, 2.05) is 37.3 Å². The summed E-state index contributed by atoms with van der Waals surface area (Å²) in [7, 11) is 0. The smallest absolute Gasteiger partial charge is 0.264 e. The molecule has 0 saturated heterocycles. The number of benzene rings is 1. The maximum absolute atomic E-state index is 12.5. The van der Waals surface area contributed by atoms with Crippen LogP contribution in [-0.4, -0.2) is 47.3 Å². The molecule has 0 bridgehead atoms. The van der Waals surface area contributed by atoms with Crippen molar-refractivity contribution >= 4 is 28.8 Å². The number of aliphatic hydroxyl groups excluding tert-OH is 2. The SMILES string of the molecule is Cc1cc(C(=O)N(CCO)CCO)sc1-c1cccc(Cl)c1. The maximum Gasteiger partial charge on any atom is 0.264 e. The van der Waals surface area contributed by atoms with Crippen molar-refractivity contribution in [2.45, 2.75) is 6.92 Å². The minimum Gasteiger partial charge on any atom is -0.395 e. The molecular formula is C16H18ClNO3S. The fourth-order valence-corrected chi connectivity index (χ4v) is 3.54. The van der Waals surface area contributed by atoms with Crippen LogP contribution in [0.25, 0.3) is 10.4 Å². The molecule has 2 rings (SSSR count). The van der Waals surface area contributed by atoms with E-state index in [2.05, 4.69) is 0 Å². The van der Waals surface area contributed by atoms with Crippen LogP contribution in [0.4, 0.5) is 0 Å². The van der Waals surface area contributed by atoms with Gasteiger partial charge in [0, 0.05) is 23.0 Å². The Hall–Kier alpha value is -1.40. The van der Waals surface area contributed by atoms with Gasteiger partial charge in [-0.15, -0.1) is 11.3 Å². The quantitative estimate of drug-likeness (QED) is 0.850. The summed E-state index contributed by atoms with van der Waals surface area (Å²) >= 11 is 7.42. The summed E-state index contributed by atoms with van der Waals surface area (Å²) in [5.74, 6) is -0.176. The van der Waals surface area contributed by atoms with Crippen molar-refractivity contribution < 1.29 is 15.0 Å². The Bertz CT molecular complexity index is 651. The highest BCUT2D eigenvalue weighted by Crippen LogP contribution is 2.34. The Morgan fingerprint density at radius 1 is 1.23 bits per heavy atom. The summed E-state index contributed by atoms with van der Waals surface area (Å²) in [6.07, 6.45) is 0. The van der Waals surface area contributed by atoms with Crippen molar-refractivity contribution in [1.82, 2.24) is 4.90 Å². The molecule has 0 atom stereocenters. The molecule has 1 aromatic heterocycles. The molecule has 1 aromatic carbocycles. The molecule has 1 heterocycles. The molecule has 2 N–H and O–H groups in total. The molecule has 0 radical (unpaired) electrons. The number of carbonyl (C=O) groups excluding carboxylic acids is 1. The van der Waals surface area contributed by atoms with Crippen LogP contribution >= 0.6 is 22.9 Å². The highest BCUT2D eigenvalue weighted by atomic mass is 35.5. The van der Waals surface area contributed by atoms with Crippen molar-refractivity contribution in [1.29, 1.82) is 0 Å². The molecule has 0 aliphatic carbocycles. The van der Waals surface area contributed by atoms with Crippen molar-refractivity contribution in [2.75, 3.05) is 26.3 Å². The summed E-state index contributed by atoms with van der Waals surface area (Å²) in [5, 5.41) is 18.7. The number of thiophene rings is 1. The zero-order valence-electron chi connectivity index (χ0n) is 12.3. The molecule has 118 valence electrons. The lowest BCUT2D eigenvalue weighted by molar-refractivity contribution is 0.0689. The van der Waals surface area contributed by atoms with Gasteiger partial charge >= 0.3 is 0 Å². The highest BCUT2D eigenvalue weighted by molar-refractivity contribution is 7.17. The first-order chi connectivity index (χ1) is 10.6. The Morgan fingerprint density at radius 2 is 1.91 bits per heavy atom. The number of carbonyl (C=O) groups is 1. The minimum atomic E-state index is -0.176. The zero-order valence-corrected chi connectivity index (χ0v) is 13.8. The minimum absolute atomic E-state index is 0.128. The standard InChI is InChI=1S/C16H18ClNO3S/c1-11-9-14(16(21)18(5-7-19)6-8-20)22-15(11)12-3-2-4-13(17)10-12/h2-4,9-10,19-20H,5-8H2,1H3. The van der Waals surface area contributed by atoms with Gasteiger partial charge in [0.2, 0.25) is 0 Å². The molecule has 0 aliphatic rings. The topological polar surface area (TPSA) is 60.8 Å². The molecule has 0 aliphatic heterocycles. The monoisotopic (exact) mass is 339 g/mol. The highest BCUT2D eigenvalue weighted by Gasteiger charge is 2.19. The molecule has 0 saturated carbocycles. The number of halogens is 1. The lowest BCUT2D eigenvalue weighted by Crippen LogP contribution is -2.35. The average Bonchev–Trinajstić information content (AvgIpc) is 2.88. The lowest BCUT2D eigenvalue weighted by atomic mass is 10.1. The van der Waals surface area contributed by atoms with Crippen LogP contribution in [0, 0.1) is 6.92 Å². The molecule has 0 spiro atoms. The second kappa shape index (κ2) is 7.74. The lowest BCUT2D eigenvalue weighted by Gasteiger charge is -2.19. The van der Waals surface area contributed by atoms with Crippen LogP contribution in [0.2, 0.25) is 5.02 Å². The van der Waals surface area contributed by atoms with Crippen molar-refractivity contribution in [3.63, 3.8) is 0 Å². The molecule has 0 fully saturated rings. The molecule has 6 heteroatoms. The fourth-order valence-electron chi connectivity index (χ4n) is 2.22. The Morgan fingerprint density at radius 3 is 2.50 bits per heavy atom. The molecule has 1 amide bonds. The van der Waals surface area contributed by atoms with Gasteiger partial charge in [0.1, 0.15) is 0 Å². The van der Waals surface area contributed by atoms with Gasteiger partial charge in [-0.05, 0) is 36.2 Å². The number of rotatable bonds is 6. The van der Waals surface area contributed by atoms with Crippen LogP contribution in [0.15, 0.2) is 30.3 Å². The number of nitrogens with zero attached hydrogens (tertiary/aromatic N) is 1. The maximum atomic E-state index is 12.5. The van der Waals surface area contributed by atoms with Crippen molar-refractivity contribution in [3.8, 4) is 10.4 Å². The van der Waals surface area contributed by atoms with Crippen LogP contribution in [0.1, 0.15) is 15.2 Å². The van der Waals surface area contributed by atoms with E-state index in [9.17, 15) is 4.79 Å². The first-order valence-electron chi connectivity index (χ1n) is 6.94. The van der Waals surface area contributed by atoms with Crippen molar-refractivity contribution in [3.05, 3.63) is 45.8 Å². The first kappa shape index (κ1) is 17.0. The summed E-state index contributed by atoms with van der Waals surface area (Å²) < 4.78 is 0. The van der Waals surface area contributed by atoms with Gasteiger partial charge < -0.3 is 15.1 Å². The second-order valence-corrected chi connectivity index (χ2v) is 6.36. The molecular weight excluding hydrogens is 322 g/mol. The van der Waals surface area contributed by atoms with E-state index >= 15 is 0 Å². The van der Waals surface area contributed by atoms with Gasteiger partial charge in [-0.1, -0.05) is 23.7 Å². The van der Waals surface area contributed by atoms with E-state index in [0.29, 0.717) is 9.90 Å². The number of hydrogen-bond acceptors (Lipinski definition) is 4. The van der Waals surface area contributed by atoms with E-state index in [1.165, 1.54) is 16.2 Å². The number of aliphatic hydroxyl groups is 2. The number of aryl methyl sites for hydroxylation is 1. The van der Waals surface area contributed by atoms with Crippen molar-refractivity contribution in [2.24, 2.45) is 0 Å². The Balaban J connectivity index is 2.30. The van der Waals surface area contributed by atoms with Crippen LogP contribution < -0.4 is 0 Å². The third-order valence-electron chi connectivity index (χ3n) is 3.24. The number of hydrogen-bond donors (Lipinski definition) is 2. The Kier molecular flexibility index (Phi) is 5.97. The van der Waals surface area contributed by atoms with E-state index in [1.54, 1.807) is 0 Å². The summed E-state index contributed by atoms with van der Waals surface area (Å²) in [6, 6.07) is 9.35. The summed E-state index contributed by atoms with van der Waals surface area (Å²) in [6.45, 7) is 2.12. The van der Waals surface area contributed by atoms with E-state index in [0.717, 1.165) is 16.0 Å². The fraction of sp³-hybridized carbons (Fsp3) is 0.312. The third kappa shape index (κ3) is 3.87. The summed E-state index contributed by atoms with van der Waals surface area (Å²) in [4.78, 5) is 15.5. The third-order valence-corrected chi connectivity index (χ3v) is 4.75. The largest absolute Gasteiger partial charge is 0.395 e. The van der Waals surface area contributed by atoms with Gasteiger partial charge in [-0.3, -0.25) is 4.79 Å². The van der Waals surface area contributed by atoms with Crippen LogP contribution in [0.5, 0.6) is 0 Å². The predicted octanol–water partition coefficient (Wildman–Crippen LogP) is 2.80. The molecule has 4 nitrogen and oxygen atoms in total. The molecule has 2 aromatic rings. The molecule has 22 heavy (non-hydrogen) atoms. The Labute approximate surface area is 138 Å². The van der Waals surface area contributed by atoms with E-state index < -0.39 is 0 Å². The van der Waals surface area contributed by atoms with Crippen LogP contribution in [0.3, 0.4) is 0 Å². The average molecular weight is 340 g/mol. The van der Waals surface area contributed by atoms with Gasteiger partial charge in [0.15, 0.2) is 0 Å². The number of amides is 1. The first-order valence-corrected chi connectivity index (χ1v) is 8.13. The van der Waals surface area contributed by atoms with Gasteiger partial charge in [-0.2, -0.15) is 0 Å².